The lowest BCUT2D eigenvalue weighted by Gasteiger charge is -2.35. The highest BCUT2D eigenvalue weighted by Gasteiger charge is 2.32. The Morgan fingerprint density at radius 3 is 2.05 bits per heavy atom. The molecule has 0 atom stereocenters. The summed E-state index contributed by atoms with van der Waals surface area (Å²) in [5.41, 5.74) is 4.73. The molecular weight excluding hydrogens is 488 g/mol. The van der Waals surface area contributed by atoms with Crippen molar-refractivity contribution in [2.75, 3.05) is 37.7 Å². The highest BCUT2D eigenvalue weighted by molar-refractivity contribution is 7.89. The standard InChI is InChI=1S/C28H36N4O4S/c1-7-28(5,6)21-9-11-22(12-10-21)37(34,35)32-15-13-31(14-16-32)26-25(27(33)36-8-2)29-23-17-19(3)20(4)18-24(23)30-26/h9-12,17-18H,7-8,13-16H2,1-6H3. The molecule has 0 bridgehead atoms. The minimum Gasteiger partial charge on any atom is -0.461 e. The second-order valence-corrected chi connectivity index (χ2v) is 12.1. The van der Waals surface area contributed by atoms with Crippen LogP contribution >= 0.6 is 0 Å². The van der Waals surface area contributed by atoms with E-state index in [0.717, 1.165) is 23.1 Å². The monoisotopic (exact) mass is 524 g/mol. The Hall–Kier alpha value is -3.04. The zero-order chi connectivity index (χ0) is 27.0. The Kier molecular flexibility index (Phi) is 7.57. The fraction of sp³-hybridized carbons (Fsp3) is 0.464. The third kappa shape index (κ3) is 5.33. The van der Waals surface area contributed by atoms with Gasteiger partial charge in [-0.15, -0.1) is 0 Å². The van der Waals surface area contributed by atoms with Gasteiger partial charge in [0.1, 0.15) is 0 Å². The van der Waals surface area contributed by atoms with Crippen LogP contribution in [0.2, 0.25) is 0 Å². The largest absolute Gasteiger partial charge is 0.461 e. The summed E-state index contributed by atoms with van der Waals surface area (Å²) in [6, 6.07) is 11.1. The Morgan fingerprint density at radius 2 is 1.51 bits per heavy atom. The Labute approximate surface area is 219 Å². The maximum absolute atomic E-state index is 13.4. The molecule has 4 rings (SSSR count). The third-order valence-corrected chi connectivity index (χ3v) is 9.34. The summed E-state index contributed by atoms with van der Waals surface area (Å²) >= 11 is 0. The first kappa shape index (κ1) is 27.0. The fourth-order valence-corrected chi connectivity index (χ4v) is 5.85. The number of ether oxygens (including phenoxy) is 1. The topological polar surface area (TPSA) is 92.7 Å². The first-order valence-electron chi connectivity index (χ1n) is 12.8. The van der Waals surface area contributed by atoms with Gasteiger partial charge in [-0.1, -0.05) is 32.9 Å². The second kappa shape index (κ2) is 10.4. The molecule has 1 fully saturated rings. The minimum atomic E-state index is -3.64. The molecule has 9 heteroatoms. The van der Waals surface area contributed by atoms with Gasteiger partial charge in [-0.05, 0) is 73.6 Å². The van der Waals surface area contributed by atoms with E-state index in [2.05, 4.69) is 25.8 Å². The number of aromatic nitrogens is 2. The molecule has 1 saturated heterocycles. The first-order chi connectivity index (χ1) is 17.5. The summed E-state index contributed by atoms with van der Waals surface area (Å²) in [6.45, 7) is 13.7. The van der Waals surface area contributed by atoms with Crippen molar-refractivity contribution >= 4 is 32.8 Å². The molecule has 0 amide bonds. The molecule has 0 spiro atoms. The normalized spacial score (nSPS) is 15.2. The lowest BCUT2D eigenvalue weighted by molar-refractivity contribution is 0.0520. The predicted molar refractivity (Wildman–Crippen MR) is 146 cm³/mol. The van der Waals surface area contributed by atoms with Gasteiger partial charge < -0.3 is 9.64 Å². The lowest BCUT2D eigenvalue weighted by Crippen LogP contribution is -2.49. The van der Waals surface area contributed by atoms with Crippen LogP contribution in [0.1, 0.15) is 61.3 Å². The van der Waals surface area contributed by atoms with Crippen LogP contribution in [-0.4, -0.2) is 61.4 Å². The van der Waals surface area contributed by atoms with Crippen molar-refractivity contribution in [1.82, 2.24) is 14.3 Å². The maximum Gasteiger partial charge on any atom is 0.360 e. The number of nitrogens with zero attached hydrogens (tertiary/aromatic N) is 4. The zero-order valence-corrected chi connectivity index (χ0v) is 23.4. The summed E-state index contributed by atoms with van der Waals surface area (Å²) in [5, 5.41) is 0. The highest BCUT2D eigenvalue weighted by Crippen LogP contribution is 2.29. The van der Waals surface area contributed by atoms with E-state index >= 15 is 0 Å². The van der Waals surface area contributed by atoms with Crippen LogP contribution in [-0.2, 0) is 20.2 Å². The molecule has 0 radical (unpaired) electrons. The number of piperazine rings is 1. The second-order valence-electron chi connectivity index (χ2n) is 10.2. The number of carbonyl (C=O) groups excluding carboxylic acids is 1. The minimum absolute atomic E-state index is 0.0112. The summed E-state index contributed by atoms with van der Waals surface area (Å²) in [5.74, 6) is -0.104. The molecule has 0 aliphatic carbocycles. The predicted octanol–water partition coefficient (Wildman–Crippen LogP) is 4.62. The van der Waals surface area contributed by atoms with Gasteiger partial charge in [0.05, 0.1) is 22.5 Å². The molecule has 1 aliphatic heterocycles. The molecule has 2 aromatic carbocycles. The molecule has 198 valence electrons. The third-order valence-electron chi connectivity index (χ3n) is 7.43. The number of aryl methyl sites for hydroxylation is 2. The van der Waals surface area contributed by atoms with Crippen LogP contribution in [0.3, 0.4) is 0 Å². The SMILES string of the molecule is CCOC(=O)c1nc2cc(C)c(C)cc2nc1N1CCN(S(=O)(=O)c2ccc(C(C)(C)CC)cc2)CC1. The summed E-state index contributed by atoms with van der Waals surface area (Å²) in [4.78, 5) is 24.4. The van der Waals surface area contributed by atoms with E-state index < -0.39 is 16.0 Å². The molecule has 0 N–H and O–H groups in total. The summed E-state index contributed by atoms with van der Waals surface area (Å²) in [7, 11) is -3.64. The Balaban J connectivity index is 1.59. The van der Waals surface area contributed by atoms with Crippen molar-refractivity contribution in [3.05, 3.63) is 58.8 Å². The van der Waals surface area contributed by atoms with Gasteiger partial charge in [0.2, 0.25) is 10.0 Å². The van der Waals surface area contributed by atoms with Gasteiger partial charge in [-0.3, -0.25) is 0 Å². The van der Waals surface area contributed by atoms with Gasteiger partial charge in [0, 0.05) is 26.2 Å². The molecule has 0 saturated carbocycles. The van der Waals surface area contributed by atoms with Crippen LogP contribution in [0.4, 0.5) is 5.82 Å². The van der Waals surface area contributed by atoms with Gasteiger partial charge in [0.25, 0.3) is 0 Å². The Bertz CT molecular complexity index is 1410. The quantitative estimate of drug-likeness (QED) is 0.416. The van der Waals surface area contributed by atoms with Crippen LogP contribution in [0.5, 0.6) is 0 Å². The molecule has 37 heavy (non-hydrogen) atoms. The van der Waals surface area contributed by atoms with Crippen molar-refractivity contribution in [2.45, 2.75) is 58.3 Å². The Morgan fingerprint density at radius 1 is 0.946 bits per heavy atom. The summed E-state index contributed by atoms with van der Waals surface area (Å²) < 4.78 is 33.5. The average molecular weight is 525 g/mol. The number of rotatable bonds is 7. The van der Waals surface area contributed by atoms with Crippen LogP contribution in [0.25, 0.3) is 11.0 Å². The van der Waals surface area contributed by atoms with Crippen LogP contribution < -0.4 is 4.90 Å². The molecular formula is C28H36N4O4S. The van der Waals surface area contributed by atoms with Crippen LogP contribution in [0, 0.1) is 13.8 Å². The van der Waals surface area contributed by atoms with Crippen molar-refractivity contribution in [1.29, 1.82) is 0 Å². The first-order valence-corrected chi connectivity index (χ1v) is 14.2. The molecule has 2 heterocycles. The molecule has 8 nitrogen and oxygen atoms in total. The summed E-state index contributed by atoms with van der Waals surface area (Å²) in [6.07, 6.45) is 0.964. The van der Waals surface area contributed by atoms with Crippen LogP contribution in [0.15, 0.2) is 41.3 Å². The van der Waals surface area contributed by atoms with Crippen molar-refractivity contribution in [3.63, 3.8) is 0 Å². The molecule has 0 unspecified atom stereocenters. The van der Waals surface area contributed by atoms with Crippen molar-refractivity contribution < 1.29 is 17.9 Å². The highest BCUT2D eigenvalue weighted by atomic mass is 32.2. The molecule has 3 aromatic rings. The fourth-order valence-electron chi connectivity index (χ4n) is 4.43. The van der Waals surface area contributed by atoms with E-state index in [0.29, 0.717) is 34.8 Å². The number of carbonyl (C=O) groups is 1. The number of hydrogen-bond acceptors (Lipinski definition) is 7. The van der Waals surface area contributed by atoms with Gasteiger partial charge in [0.15, 0.2) is 11.5 Å². The lowest BCUT2D eigenvalue weighted by atomic mass is 9.82. The number of esters is 1. The number of fused-ring (bicyclic) bond motifs is 1. The molecule has 1 aliphatic rings. The van der Waals surface area contributed by atoms with E-state index in [1.165, 1.54) is 4.31 Å². The molecule has 1 aromatic heterocycles. The van der Waals surface area contributed by atoms with E-state index in [4.69, 9.17) is 9.72 Å². The number of benzene rings is 2. The number of anilines is 1. The average Bonchev–Trinajstić information content (AvgIpc) is 2.89. The zero-order valence-electron chi connectivity index (χ0n) is 22.5. The van der Waals surface area contributed by atoms with E-state index in [1.54, 1.807) is 19.1 Å². The smallest absolute Gasteiger partial charge is 0.360 e. The maximum atomic E-state index is 13.4. The van der Waals surface area contributed by atoms with Gasteiger partial charge in [-0.25, -0.2) is 23.2 Å². The van der Waals surface area contributed by atoms with E-state index in [9.17, 15) is 13.2 Å². The van der Waals surface area contributed by atoms with Crippen molar-refractivity contribution in [3.8, 4) is 0 Å². The van der Waals surface area contributed by atoms with Gasteiger partial charge >= 0.3 is 5.97 Å². The number of sulfonamides is 1. The van der Waals surface area contributed by atoms with E-state index in [-0.39, 0.29) is 30.8 Å². The van der Waals surface area contributed by atoms with Crippen molar-refractivity contribution in [2.24, 2.45) is 0 Å². The van der Waals surface area contributed by atoms with E-state index in [1.807, 2.05) is 43.0 Å². The van der Waals surface area contributed by atoms with Gasteiger partial charge in [-0.2, -0.15) is 4.31 Å². The number of hydrogen-bond donors (Lipinski definition) is 0.